The van der Waals surface area contributed by atoms with E-state index < -0.39 is 11.6 Å². The van der Waals surface area contributed by atoms with Gasteiger partial charge in [0, 0.05) is 25.9 Å². The first-order chi connectivity index (χ1) is 36.9. The van der Waals surface area contributed by atoms with E-state index in [4.69, 9.17) is 11.5 Å². The lowest BCUT2D eigenvalue weighted by atomic mass is 9.94. The highest BCUT2D eigenvalue weighted by molar-refractivity contribution is 5.97. The molecule has 384 valence electrons. The summed E-state index contributed by atoms with van der Waals surface area (Å²) in [5.41, 5.74) is 22.7. The zero-order valence-corrected chi connectivity index (χ0v) is 42.6. The normalized spacial score (nSPS) is 13.7. The van der Waals surface area contributed by atoms with Gasteiger partial charge < -0.3 is 22.1 Å². The average Bonchev–Trinajstić information content (AvgIpc) is 4.39. The van der Waals surface area contributed by atoms with Crippen LogP contribution >= 0.6 is 0 Å². The molecule has 14 heteroatoms. The number of hydrogen-bond donors (Lipinski definition) is 4. The molecule has 2 aromatic heterocycles. The van der Waals surface area contributed by atoms with Crippen LogP contribution in [-0.2, 0) is 25.9 Å². The Labute approximate surface area is 442 Å². The van der Waals surface area contributed by atoms with Crippen LogP contribution in [0, 0.1) is 60.0 Å². The number of nitriles is 2. The first kappa shape index (κ1) is 52.6. The van der Waals surface area contributed by atoms with E-state index in [-0.39, 0.29) is 36.5 Å². The maximum absolute atomic E-state index is 15.0. The van der Waals surface area contributed by atoms with Crippen LogP contribution in [0.15, 0.2) is 146 Å². The Morgan fingerprint density at radius 2 is 0.947 bits per heavy atom. The Balaban J connectivity index is 0.000000186. The number of aryl methyl sites for hydroxylation is 2. The van der Waals surface area contributed by atoms with Gasteiger partial charge in [-0.3, -0.25) is 9.59 Å². The molecule has 0 radical (unpaired) electrons. The highest BCUT2D eigenvalue weighted by Gasteiger charge is 2.27. The molecular weight excluding hydrogens is 955 g/mol. The Morgan fingerprint density at radius 3 is 1.30 bits per heavy atom. The molecule has 6 aromatic carbocycles. The number of carbonyl (C=O) groups excluding carboxylic acids is 2. The van der Waals surface area contributed by atoms with E-state index in [2.05, 4.69) is 33.0 Å². The van der Waals surface area contributed by atoms with Gasteiger partial charge in [0.1, 0.15) is 23.0 Å². The Morgan fingerprint density at radius 1 is 0.566 bits per heavy atom. The topological polar surface area (TPSA) is 193 Å². The molecule has 76 heavy (non-hydrogen) atoms. The number of ketones is 2. The highest BCUT2D eigenvalue weighted by atomic mass is 19.1. The minimum atomic E-state index is -0.421. The summed E-state index contributed by atoms with van der Waals surface area (Å²) in [5.74, 6) is 0.0188. The van der Waals surface area contributed by atoms with Crippen LogP contribution in [0.3, 0.4) is 0 Å². The average molecular weight is 1020 g/mol. The maximum Gasteiger partial charge on any atom is 0.185 e. The number of aromatic nitrogens is 4. The molecule has 0 aliphatic heterocycles. The van der Waals surface area contributed by atoms with E-state index in [0.717, 1.165) is 57.8 Å². The fraction of sp³-hybridized carbons (Fsp3) is 0.258. The standard InChI is InChI=1S/2C31H30FN5O/c2*1-20-13-29(37(36-20)27-4-2-3-23(14-27)18-34)30(38)16-26-15-25(11-12-28(26)32)31(35-19-22-5-6-22)24-9-7-21(17-33)8-10-24/h2*2-4,7-15,22,31,35H,5-6,16,18-19,34H2,1H3. The van der Waals surface area contributed by atoms with Crippen molar-refractivity contribution in [3.8, 4) is 23.5 Å². The SMILES string of the molecule is Cc1cc(C(=O)Cc2cc(C(NCC3CC3)c3ccc(C#N)cc3)ccc2F)n(-c2cccc(CN)c2)n1.Cc1cc(C(=O)Cc2cc(C(NCC3CC3)c3ccc(C#N)cc3)ccc2F)n(-c2cccc(CN)c2)n1. The largest absolute Gasteiger partial charge is 0.326 e. The van der Waals surface area contributed by atoms with Crippen molar-refractivity contribution in [2.24, 2.45) is 23.3 Å². The number of nitrogens with zero attached hydrogens (tertiary/aromatic N) is 6. The summed E-state index contributed by atoms with van der Waals surface area (Å²) in [6, 6.07) is 47.4. The van der Waals surface area contributed by atoms with Crippen LogP contribution in [0.25, 0.3) is 11.4 Å². The van der Waals surface area contributed by atoms with Crippen LogP contribution in [0.4, 0.5) is 8.78 Å². The number of nitrogens with one attached hydrogen (secondary N) is 2. The predicted molar refractivity (Wildman–Crippen MR) is 289 cm³/mol. The molecule has 2 fully saturated rings. The predicted octanol–water partition coefficient (Wildman–Crippen LogP) is 10.3. The minimum absolute atomic E-state index is 0.0932. The quantitative estimate of drug-likeness (QED) is 0.0534. The van der Waals surface area contributed by atoms with Crippen molar-refractivity contribution in [2.45, 2.75) is 77.5 Å². The highest BCUT2D eigenvalue weighted by Crippen LogP contribution is 2.33. The summed E-state index contributed by atoms with van der Waals surface area (Å²) in [5, 5.41) is 34.6. The molecule has 2 heterocycles. The van der Waals surface area contributed by atoms with Crippen LogP contribution < -0.4 is 22.1 Å². The van der Waals surface area contributed by atoms with Crippen LogP contribution in [0.5, 0.6) is 0 Å². The first-order valence-corrected chi connectivity index (χ1v) is 25.7. The number of halogens is 2. The molecule has 2 unspecified atom stereocenters. The molecule has 10 rings (SSSR count). The van der Waals surface area contributed by atoms with E-state index in [0.29, 0.717) is 70.0 Å². The zero-order valence-electron chi connectivity index (χ0n) is 42.6. The van der Waals surface area contributed by atoms with Crippen molar-refractivity contribution >= 4 is 11.6 Å². The van der Waals surface area contributed by atoms with Crippen molar-refractivity contribution < 1.29 is 18.4 Å². The lowest BCUT2D eigenvalue weighted by Crippen LogP contribution is -2.25. The number of Topliss-reactive ketones (excluding diaryl/α,β-unsaturated/α-hetero) is 2. The van der Waals surface area contributed by atoms with Gasteiger partial charge in [-0.05, 0) is 182 Å². The van der Waals surface area contributed by atoms with Gasteiger partial charge in [-0.2, -0.15) is 20.7 Å². The molecule has 12 nitrogen and oxygen atoms in total. The number of hydrogen-bond acceptors (Lipinski definition) is 10. The molecule has 8 aromatic rings. The molecule has 2 aliphatic carbocycles. The molecule has 0 spiro atoms. The molecule has 2 saturated carbocycles. The number of benzene rings is 6. The fourth-order valence-corrected chi connectivity index (χ4v) is 9.34. The summed E-state index contributed by atoms with van der Waals surface area (Å²) >= 11 is 0. The third-order valence-electron chi connectivity index (χ3n) is 13.9. The third kappa shape index (κ3) is 13.0. The van der Waals surface area contributed by atoms with Gasteiger partial charge in [-0.15, -0.1) is 0 Å². The Kier molecular flexibility index (Phi) is 16.6. The molecular formula is C62H60F2N10O2. The van der Waals surface area contributed by atoms with Gasteiger partial charge in [0.25, 0.3) is 0 Å². The minimum Gasteiger partial charge on any atom is -0.326 e. The first-order valence-electron chi connectivity index (χ1n) is 25.7. The summed E-state index contributed by atoms with van der Waals surface area (Å²) in [7, 11) is 0. The number of carbonyl (C=O) groups is 2. The number of nitrogens with two attached hydrogens (primary N) is 2. The van der Waals surface area contributed by atoms with Gasteiger partial charge in [0.05, 0.1) is 58.1 Å². The summed E-state index contributed by atoms with van der Waals surface area (Å²) in [6.07, 6.45) is 4.64. The monoisotopic (exact) mass is 1010 g/mol. The van der Waals surface area contributed by atoms with Crippen molar-refractivity contribution in [3.63, 3.8) is 0 Å². The summed E-state index contributed by atoms with van der Waals surface area (Å²) in [4.78, 5) is 26.9. The smallest absolute Gasteiger partial charge is 0.185 e. The van der Waals surface area contributed by atoms with Gasteiger partial charge in [0.15, 0.2) is 11.6 Å². The lowest BCUT2D eigenvalue weighted by Gasteiger charge is -2.21. The van der Waals surface area contributed by atoms with Gasteiger partial charge in [0.2, 0.25) is 0 Å². The van der Waals surface area contributed by atoms with Crippen LogP contribution in [-0.4, -0.2) is 44.2 Å². The summed E-state index contributed by atoms with van der Waals surface area (Å²) < 4.78 is 33.2. The van der Waals surface area contributed by atoms with Crippen molar-refractivity contribution in [2.75, 3.05) is 13.1 Å². The van der Waals surface area contributed by atoms with Crippen LogP contribution in [0.2, 0.25) is 0 Å². The molecule has 6 N–H and O–H groups in total. The van der Waals surface area contributed by atoms with Gasteiger partial charge >= 0.3 is 0 Å². The lowest BCUT2D eigenvalue weighted by molar-refractivity contribution is 0.0976. The fourth-order valence-electron chi connectivity index (χ4n) is 9.34. The second kappa shape index (κ2) is 24.0. The van der Waals surface area contributed by atoms with E-state index in [9.17, 15) is 20.1 Å². The van der Waals surface area contributed by atoms with E-state index in [1.54, 1.807) is 70.0 Å². The number of rotatable bonds is 20. The molecule has 0 amide bonds. The van der Waals surface area contributed by atoms with Crippen molar-refractivity contribution in [1.82, 2.24) is 30.2 Å². The molecule has 0 bridgehead atoms. The van der Waals surface area contributed by atoms with E-state index in [1.807, 2.05) is 86.6 Å². The second-order valence-electron chi connectivity index (χ2n) is 19.9. The maximum atomic E-state index is 15.0. The molecule has 0 saturated heterocycles. The van der Waals surface area contributed by atoms with Crippen molar-refractivity contribution in [1.29, 1.82) is 10.5 Å². The Bertz CT molecular complexity index is 3220. The van der Waals surface area contributed by atoms with E-state index >= 15 is 8.78 Å². The molecule has 2 aliphatic rings. The third-order valence-corrected chi connectivity index (χ3v) is 13.9. The zero-order chi connectivity index (χ0) is 53.3. The summed E-state index contributed by atoms with van der Waals surface area (Å²) in [6.45, 7) is 6.13. The second-order valence-corrected chi connectivity index (χ2v) is 19.9. The van der Waals surface area contributed by atoms with E-state index in [1.165, 1.54) is 37.8 Å². The Hall–Kier alpha value is -8.24. The molecule has 2 atom stereocenters. The van der Waals surface area contributed by atoms with Gasteiger partial charge in [-0.1, -0.05) is 72.8 Å². The van der Waals surface area contributed by atoms with Crippen molar-refractivity contribution in [3.05, 3.63) is 236 Å². The van der Waals surface area contributed by atoms with Gasteiger partial charge in [-0.25, -0.2) is 18.1 Å². The van der Waals surface area contributed by atoms with Crippen LogP contribution in [0.1, 0.15) is 126 Å².